The number of benzene rings is 1. The van der Waals surface area contributed by atoms with E-state index in [4.69, 9.17) is 23.2 Å². The maximum atomic E-state index is 12.8. The van der Waals surface area contributed by atoms with Gasteiger partial charge >= 0.3 is 0 Å². The number of hydrogen-bond donors (Lipinski definition) is 0. The van der Waals surface area contributed by atoms with E-state index in [1.807, 2.05) is 12.3 Å². The van der Waals surface area contributed by atoms with Crippen LogP contribution in [0, 0.1) is 17.8 Å². The highest BCUT2D eigenvalue weighted by molar-refractivity contribution is 6.42. The molecular weight excluding hydrogens is 415 g/mol. The number of ketones is 1. The van der Waals surface area contributed by atoms with Gasteiger partial charge in [-0.05, 0) is 78.3 Å². The Morgan fingerprint density at radius 3 is 2.33 bits per heavy atom. The van der Waals surface area contributed by atoms with Crippen LogP contribution in [0.5, 0.6) is 0 Å². The van der Waals surface area contributed by atoms with E-state index in [0.717, 1.165) is 19.3 Å². The summed E-state index contributed by atoms with van der Waals surface area (Å²) in [4.78, 5) is 19.7. The van der Waals surface area contributed by atoms with Crippen molar-refractivity contribution >= 4 is 35.2 Å². The van der Waals surface area contributed by atoms with Crippen molar-refractivity contribution in [3.8, 4) is 0 Å². The molecule has 0 bridgehead atoms. The predicted octanol–water partition coefficient (Wildman–Crippen LogP) is 5.56. The number of carbonyl (C=O) groups is 1. The fourth-order valence-electron chi connectivity index (χ4n) is 6.30. The van der Waals surface area contributed by atoms with Crippen LogP contribution in [0.3, 0.4) is 0 Å². The van der Waals surface area contributed by atoms with Crippen molar-refractivity contribution in [1.82, 2.24) is 4.90 Å². The van der Waals surface area contributed by atoms with Gasteiger partial charge in [0.1, 0.15) is 5.78 Å². The second-order valence-corrected chi connectivity index (χ2v) is 10.6. The summed E-state index contributed by atoms with van der Waals surface area (Å²) in [6.45, 7) is 3.04. The molecule has 5 rings (SSSR count). The lowest BCUT2D eigenvalue weighted by molar-refractivity contribution is -0.120. The molecule has 30 heavy (non-hydrogen) atoms. The molecule has 3 nitrogen and oxygen atoms in total. The van der Waals surface area contributed by atoms with Crippen LogP contribution in [0.4, 0.5) is 0 Å². The van der Waals surface area contributed by atoms with E-state index in [9.17, 15) is 4.79 Å². The maximum Gasteiger partial charge on any atom is 0.137 e. The molecule has 0 spiro atoms. The van der Waals surface area contributed by atoms with E-state index in [2.05, 4.69) is 22.0 Å². The van der Waals surface area contributed by atoms with Gasteiger partial charge in [-0.25, -0.2) is 0 Å². The minimum absolute atomic E-state index is 0.400. The maximum absolute atomic E-state index is 12.8. The molecule has 0 aromatic heterocycles. The summed E-state index contributed by atoms with van der Waals surface area (Å²) in [5, 5.41) is 1.36. The number of nitrogens with zero attached hydrogens (tertiary/aromatic N) is 2. The third kappa shape index (κ3) is 4.26. The Morgan fingerprint density at radius 1 is 1.03 bits per heavy atom. The van der Waals surface area contributed by atoms with Crippen molar-refractivity contribution in [2.45, 2.75) is 57.4 Å². The van der Waals surface area contributed by atoms with E-state index in [1.165, 1.54) is 55.5 Å². The number of likely N-dealkylation sites (tertiary alicyclic amines) is 1. The summed E-state index contributed by atoms with van der Waals surface area (Å²) in [5.41, 5.74) is 3.94. The Hall–Kier alpha value is -1.16. The fourth-order valence-corrected chi connectivity index (χ4v) is 6.68. The first kappa shape index (κ1) is 20.7. The first-order valence-corrected chi connectivity index (χ1v) is 12.2. The predicted molar refractivity (Wildman–Crippen MR) is 124 cm³/mol. The van der Waals surface area contributed by atoms with Gasteiger partial charge in [-0.2, -0.15) is 0 Å². The Kier molecular flexibility index (Phi) is 6.05. The van der Waals surface area contributed by atoms with Crippen LogP contribution in [0.15, 0.2) is 28.8 Å². The number of hydrogen-bond acceptors (Lipinski definition) is 3. The standard InChI is InChI=1S/C25H30Cl2N2O/c26-23-11-18-8-20-14-29(15-21(20)9-19(18)12-24(23)27)25-4-2-1-3-17(25)10-22(30)7-16-5-6-28-13-16/h5-6,11-12,17,20-21,25H,1-4,7-10,13-15H2. The highest BCUT2D eigenvalue weighted by atomic mass is 35.5. The summed E-state index contributed by atoms with van der Waals surface area (Å²) < 4.78 is 0. The minimum atomic E-state index is 0.400. The van der Waals surface area contributed by atoms with E-state index in [-0.39, 0.29) is 0 Å². The number of aliphatic imine (C=N–C) groups is 1. The summed E-state index contributed by atoms with van der Waals surface area (Å²) in [6.07, 6.45) is 12.4. The molecule has 2 aliphatic carbocycles. The topological polar surface area (TPSA) is 32.7 Å². The molecule has 1 saturated carbocycles. The molecule has 0 radical (unpaired) electrons. The summed E-state index contributed by atoms with van der Waals surface area (Å²) in [7, 11) is 0. The lowest BCUT2D eigenvalue weighted by atomic mass is 9.78. The molecule has 160 valence electrons. The average molecular weight is 445 g/mol. The van der Waals surface area contributed by atoms with Crippen molar-refractivity contribution in [3.63, 3.8) is 0 Å². The molecule has 0 amide bonds. The summed E-state index contributed by atoms with van der Waals surface area (Å²) >= 11 is 12.6. The number of carbonyl (C=O) groups excluding carboxylic acids is 1. The van der Waals surface area contributed by atoms with Gasteiger partial charge in [0.25, 0.3) is 0 Å². The van der Waals surface area contributed by atoms with E-state index in [0.29, 0.717) is 52.6 Å². The number of rotatable bonds is 5. The van der Waals surface area contributed by atoms with Gasteiger partial charge in [-0.15, -0.1) is 0 Å². The smallest absolute Gasteiger partial charge is 0.137 e. The molecule has 1 aromatic rings. The molecule has 4 atom stereocenters. The van der Waals surface area contributed by atoms with Gasteiger partial charge < -0.3 is 0 Å². The second kappa shape index (κ2) is 8.76. The minimum Gasteiger partial charge on any atom is -0.300 e. The van der Waals surface area contributed by atoms with Crippen molar-refractivity contribution in [2.24, 2.45) is 22.7 Å². The van der Waals surface area contributed by atoms with Gasteiger partial charge in [-0.3, -0.25) is 14.7 Å². The average Bonchev–Trinajstić information content (AvgIpc) is 3.37. The normalized spacial score (nSPS) is 30.8. The molecule has 0 N–H and O–H groups in total. The fraction of sp³-hybridized carbons (Fsp3) is 0.600. The number of Topliss-reactive ketones (excluding diaryl/α,β-unsaturated/α-hetero) is 1. The van der Waals surface area contributed by atoms with Gasteiger partial charge in [0.15, 0.2) is 0 Å². The zero-order valence-electron chi connectivity index (χ0n) is 17.5. The molecule has 4 aliphatic rings. The van der Waals surface area contributed by atoms with Crippen LogP contribution in [-0.2, 0) is 17.6 Å². The molecule has 2 fully saturated rings. The Bertz CT molecular complexity index is 854. The van der Waals surface area contributed by atoms with Gasteiger partial charge in [0, 0.05) is 38.2 Å². The first-order valence-electron chi connectivity index (χ1n) is 11.5. The highest BCUT2D eigenvalue weighted by Gasteiger charge is 2.41. The molecular formula is C25H30Cl2N2O. The van der Waals surface area contributed by atoms with Crippen molar-refractivity contribution < 1.29 is 4.79 Å². The highest BCUT2D eigenvalue weighted by Crippen LogP contribution is 2.42. The zero-order valence-corrected chi connectivity index (χ0v) is 19.0. The number of allylic oxidation sites excluding steroid dienone is 1. The summed E-state index contributed by atoms with van der Waals surface area (Å²) in [5.74, 6) is 2.32. The van der Waals surface area contributed by atoms with Gasteiger partial charge in [0.2, 0.25) is 0 Å². The second-order valence-electron chi connectivity index (χ2n) is 9.76. The lowest BCUT2D eigenvalue weighted by Gasteiger charge is -2.38. The third-order valence-corrected chi connectivity index (χ3v) is 8.50. The van der Waals surface area contributed by atoms with Gasteiger partial charge in [0.05, 0.1) is 16.6 Å². The molecule has 2 aliphatic heterocycles. The molecule has 5 heteroatoms. The van der Waals surface area contributed by atoms with Crippen molar-refractivity contribution in [2.75, 3.05) is 19.6 Å². The zero-order chi connectivity index (χ0) is 20.7. The molecule has 4 unspecified atom stereocenters. The van der Waals surface area contributed by atoms with E-state index in [1.54, 1.807) is 0 Å². The van der Waals surface area contributed by atoms with Crippen LogP contribution in [0.2, 0.25) is 10.0 Å². The Balaban J connectivity index is 1.24. The van der Waals surface area contributed by atoms with E-state index < -0.39 is 0 Å². The number of fused-ring (bicyclic) bond motifs is 2. The van der Waals surface area contributed by atoms with E-state index >= 15 is 0 Å². The quantitative estimate of drug-likeness (QED) is 0.595. The van der Waals surface area contributed by atoms with Crippen LogP contribution in [-0.4, -0.2) is 42.6 Å². The van der Waals surface area contributed by atoms with Crippen LogP contribution >= 0.6 is 23.2 Å². The SMILES string of the molecule is O=C(CC1=CC=NC1)CC1CCCCC1N1CC2Cc3cc(Cl)c(Cl)cc3CC2C1. The van der Waals surface area contributed by atoms with Crippen LogP contribution in [0.1, 0.15) is 49.7 Å². The largest absolute Gasteiger partial charge is 0.300 e. The molecule has 1 aromatic carbocycles. The monoisotopic (exact) mass is 444 g/mol. The molecule has 2 heterocycles. The number of halogens is 2. The summed E-state index contributed by atoms with van der Waals surface area (Å²) in [6, 6.07) is 4.74. The third-order valence-electron chi connectivity index (χ3n) is 7.77. The van der Waals surface area contributed by atoms with Crippen LogP contribution < -0.4 is 0 Å². The van der Waals surface area contributed by atoms with Crippen molar-refractivity contribution in [1.29, 1.82) is 0 Å². The Morgan fingerprint density at radius 2 is 1.70 bits per heavy atom. The first-order chi connectivity index (χ1) is 14.6. The van der Waals surface area contributed by atoms with Crippen LogP contribution in [0.25, 0.3) is 0 Å². The van der Waals surface area contributed by atoms with Gasteiger partial charge in [-0.1, -0.05) is 36.0 Å². The van der Waals surface area contributed by atoms with Crippen molar-refractivity contribution in [3.05, 3.63) is 45.0 Å². The lowest BCUT2D eigenvalue weighted by Crippen LogP contribution is -2.42. The molecule has 1 saturated heterocycles. The Labute approximate surface area is 189 Å².